The molecular formula is C11H12F3NO4. The topological polar surface area (TPSA) is 57.5 Å². The Kier molecular flexibility index (Phi) is 5.11. The molecule has 19 heavy (non-hydrogen) atoms. The molecule has 0 aliphatic rings. The molecule has 1 heterocycles. The Labute approximate surface area is 106 Å². The average molecular weight is 279 g/mol. The lowest BCUT2D eigenvalue weighted by Gasteiger charge is -2.08. The van der Waals surface area contributed by atoms with Crippen molar-refractivity contribution < 1.29 is 27.4 Å². The maximum absolute atomic E-state index is 11.7. The van der Waals surface area contributed by atoms with Gasteiger partial charge >= 0.3 is 12.1 Å². The number of pyridine rings is 1. The largest absolute Gasteiger partial charge is 0.460 e. The van der Waals surface area contributed by atoms with E-state index in [0.717, 1.165) is 6.07 Å². The van der Waals surface area contributed by atoms with Gasteiger partial charge in [0.2, 0.25) is 0 Å². The molecule has 0 N–H and O–H groups in total. The van der Waals surface area contributed by atoms with Gasteiger partial charge in [-0.2, -0.15) is 13.2 Å². The molecule has 0 unspecified atom stereocenters. The fourth-order valence-corrected chi connectivity index (χ4v) is 1.14. The van der Waals surface area contributed by atoms with Crippen molar-refractivity contribution in [2.45, 2.75) is 6.18 Å². The lowest BCUT2D eigenvalue weighted by molar-refractivity contribution is -0.175. The number of hydrogen-bond donors (Lipinski definition) is 0. The number of aryl methyl sites for hydroxylation is 1. The molecule has 0 aromatic carbocycles. The molecule has 0 aliphatic carbocycles. The molecule has 0 bridgehead atoms. The lowest BCUT2D eigenvalue weighted by Crippen LogP contribution is -2.21. The van der Waals surface area contributed by atoms with Crippen LogP contribution in [0.5, 0.6) is 0 Å². The van der Waals surface area contributed by atoms with Crippen LogP contribution in [0.1, 0.15) is 10.4 Å². The van der Waals surface area contributed by atoms with E-state index in [1.165, 1.54) is 23.9 Å². The number of ether oxygens (including phenoxy) is 2. The van der Waals surface area contributed by atoms with Crippen molar-refractivity contribution in [3.63, 3.8) is 0 Å². The Bertz CT molecular complexity index is 495. The zero-order chi connectivity index (χ0) is 14.5. The summed E-state index contributed by atoms with van der Waals surface area (Å²) >= 11 is 0. The van der Waals surface area contributed by atoms with Crippen LogP contribution in [-0.4, -0.2) is 36.5 Å². The number of nitrogens with zero attached hydrogens (tertiary/aromatic N) is 1. The van der Waals surface area contributed by atoms with Crippen LogP contribution in [0.15, 0.2) is 23.1 Å². The van der Waals surface area contributed by atoms with Gasteiger partial charge in [0.15, 0.2) is 0 Å². The fraction of sp³-hybridized carbons (Fsp3) is 0.455. The highest BCUT2D eigenvalue weighted by Gasteiger charge is 2.27. The molecule has 1 aromatic heterocycles. The first-order chi connectivity index (χ1) is 8.79. The van der Waals surface area contributed by atoms with Gasteiger partial charge in [-0.05, 0) is 6.07 Å². The van der Waals surface area contributed by atoms with Crippen LogP contribution in [0.3, 0.4) is 0 Å². The standard InChI is InChI=1S/C11H12F3NO4/c1-15-3-2-8(6-9(15)16)10(17)19-5-4-18-7-11(12,13)14/h2-3,6H,4-5,7H2,1H3. The van der Waals surface area contributed by atoms with Gasteiger partial charge in [0.1, 0.15) is 13.2 Å². The van der Waals surface area contributed by atoms with Crippen LogP contribution >= 0.6 is 0 Å². The van der Waals surface area contributed by atoms with E-state index in [1.54, 1.807) is 0 Å². The predicted octanol–water partition coefficient (Wildman–Crippen LogP) is 1.12. The minimum Gasteiger partial charge on any atom is -0.460 e. The third kappa shape index (κ3) is 5.56. The number of carbonyl (C=O) groups is 1. The highest BCUT2D eigenvalue weighted by atomic mass is 19.4. The van der Waals surface area contributed by atoms with E-state index in [-0.39, 0.29) is 24.3 Å². The van der Waals surface area contributed by atoms with Crippen molar-refractivity contribution in [2.24, 2.45) is 7.05 Å². The number of halogens is 3. The molecule has 0 spiro atoms. The second-order valence-electron chi connectivity index (χ2n) is 3.67. The molecule has 0 saturated heterocycles. The van der Waals surface area contributed by atoms with Crippen LogP contribution in [-0.2, 0) is 16.5 Å². The summed E-state index contributed by atoms with van der Waals surface area (Å²) in [6, 6.07) is 2.46. The van der Waals surface area contributed by atoms with Gasteiger partial charge in [0.25, 0.3) is 5.56 Å². The smallest absolute Gasteiger partial charge is 0.411 e. The average Bonchev–Trinajstić information content (AvgIpc) is 2.30. The van der Waals surface area contributed by atoms with Crippen molar-refractivity contribution in [3.8, 4) is 0 Å². The zero-order valence-corrected chi connectivity index (χ0v) is 10.1. The van der Waals surface area contributed by atoms with E-state index in [9.17, 15) is 22.8 Å². The minimum atomic E-state index is -4.41. The third-order valence-electron chi connectivity index (χ3n) is 2.07. The summed E-state index contributed by atoms with van der Waals surface area (Å²) in [6.45, 7) is -2.07. The van der Waals surface area contributed by atoms with Gasteiger partial charge in [-0.25, -0.2) is 4.79 Å². The van der Waals surface area contributed by atoms with Crippen molar-refractivity contribution in [1.82, 2.24) is 4.57 Å². The highest BCUT2D eigenvalue weighted by Crippen LogP contribution is 2.14. The monoisotopic (exact) mass is 279 g/mol. The molecule has 1 aromatic rings. The van der Waals surface area contributed by atoms with Crippen LogP contribution < -0.4 is 5.56 Å². The Morgan fingerprint density at radius 3 is 2.63 bits per heavy atom. The highest BCUT2D eigenvalue weighted by molar-refractivity contribution is 5.89. The number of hydrogen-bond acceptors (Lipinski definition) is 4. The first-order valence-corrected chi connectivity index (χ1v) is 5.28. The van der Waals surface area contributed by atoms with E-state index < -0.39 is 18.8 Å². The van der Waals surface area contributed by atoms with Gasteiger partial charge in [-0.3, -0.25) is 4.79 Å². The van der Waals surface area contributed by atoms with Gasteiger partial charge < -0.3 is 14.0 Å². The van der Waals surface area contributed by atoms with Gasteiger partial charge in [0, 0.05) is 19.3 Å². The Balaban J connectivity index is 2.35. The molecule has 1 rings (SSSR count). The van der Waals surface area contributed by atoms with Crippen molar-refractivity contribution in [2.75, 3.05) is 19.8 Å². The minimum absolute atomic E-state index is 0.0407. The molecule has 5 nitrogen and oxygen atoms in total. The maximum atomic E-state index is 11.7. The third-order valence-corrected chi connectivity index (χ3v) is 2.07. The SMILES string of the molecule is Cn1ccc(C(=O)OCCOCC(F)(F)F)cc1=O. The summed E-state index contributed by atoms with van der Waals surface area (Å²) < 4.78 is 45.3. The van der Waals surface area contributed by atoms with E-state index in [0.29, 0.717) is 0 Å². The summed E-state index contributed by atoms with van der Waals surface area (Å²) in [6.07, 6.45) is -3.02. The predicted molar refractivity (Wildman–Crippen MR) is 58.8 cm³/mol. The summed E-state index contributed by atoms with van der Waals surface area (Å²) in [4.78, 5) is 22.7. The normalized spacial score (nSPS) is 11.4. The van der Waals surface area contributed by atoms with Gasteiger partial charge in [-0.1, -0.05) is 0 Å². The molecule has 0 aliphatic heterocycles. The van der Waals surface area contributed by atoms with Gasteiger partial charge in [0.05, 0.1) is 12.2 Å². The van der Waals surface area contributed by atoms with Crippen molar-refractivity contribution in [1.29, 1.82) is 0 Å². The Morgan fingerprint density at radius 1 is 1.37 bits per heavy atom. The number of aromatic nitrogens is 1. The summed E-state index contributed by atoms with van der Waals surface area (Å²) in [5, 5.41) is 0. The summed E-state index contributed by atoms with van der Waals surface area (Å²) in [5.74, 6) is -0.784. The van der Waals surface area contributed by atoms with Crippen LogP contribution in [0.25, 0.3) is 0 Å². The number of esters is 1. The Morgan fingerprint density at radius 2 is 2.05 bits per heavy atom. The molecule has 106 valence electrons. The van der Waals surface area contributed by atoms with Gasteiger partial charge in [-0.15, -0.1) is 0 Å². The Hall–Kier alpha value is -1.83. The second-order valence-corrected chi connectivity index (χ2v) is 3.67. The first kappa shape index (κ1) is 15.2. The van der Waals surface area contributed by atoms with E-state index in [2.05, 4.69) is 9.47 Å². The zero-order valence-electron chi connectivity index (χ0n) is 10.1. The summed E-state index contributed by atoms with van der Waals surface area (Å²) in [7, 11) is 1.52. The van der Waals surface area contributed by atoms with E-state index in [4.69, 9.17) is 0 Å². The number of carbonyl (C=O) groups excluding carboxylic acids is 1. The van der Waals surface area contributed by atoms with Crippen LogP contribution in [0.4, 0.5) is 13.2 Å². The molecule has 8 heteroatoms. The molecule has 0 atom stereocenters. The van der Waals surface area contributed by atoms with Crippen LogP contribution in [0, 0.1) is 0 Å². The fourth-order valence-electron chi connectivity index (χ4n) is 1.14. The molecule has 0 saturated carbocycles. The van der Waals surface area contributed by atoms with Crippen molar-refractivity contribution >= 4 is 5.97 Å². The van der Waals surface area contributed by atoms with E-state index >= 15 is 0 Å². The second kappa shape index (κ2) is 6.37. The number of rotatable bonds is 5. The molecule has 0 radical (unpaired) electrons. The van der Waals surface area contributed by atoms with Crippen LogP contribution in [0.2, 0.25) is 0 Å². The quantitative estimate of drug-likeness (QED) is 0.598. The summed E-state index contributed by atoms with van der Waals surface area (Å²) in [5.41, 5.74) is -0.346. The lowest BCUT2D eigenvalue weighted by atomic mass is 10.3. The van der Waals surface area contributed by atoms with E-state index in [1.807, 2.05) is 0 Å². The maximum Gasteiger partial charge on any atom is 0.411 e. The first-order valence-electron chi connectivity index (χ1n) is 5.28. The molecular weight excluding hydrogens is 267 g/mol. The number of alkyl halides is 3. The van der Waals surface area contributed by atoms with Crippen molar-refractivity contribution in [3.05, 3.63) is 34.2 Å². The molecule has 0 amide bonds. The molecule has 0 fully saturated rings.